The summed E-state index contributed by atoms with van der Waals surface area (Å²) >= 11 is 1.57. The van der Waals surface area contributed by atoms with Gasteiger partial charge in [-0.15, -0.1) is 11.8 Å². The molecule has 2 unspecified atom stereocenters. The fourth-order valence-corrected chi connectivity index (χ4v) is 3.97. The van der Waals surface area contributed by atoms with Gasteiger partial charge in [0, 0.05) is 23.0 Å². The number of thioether (sulfide) groups is 1. The van der Waals surface area contributed by atoms with Gasteiger partial charge >= 0.3 is 0 Å². The molecule has 2 saturated heterocycles. The van der Waals surface area contributed by atoms with Gasteiger partial charge in [-0.05, 0) is 49.9 Å². The summed E-state index contributed by atoms with van der Waals surface area (Å²) in [5, 5.41) is 6.78. The van der Waals surface area contributed by atoms with Crippen LogP contribution >= 0.6 is 11.8 Å². The summed E-state index contributed by atoms with van der Waals surface area (Å²) in [6, 6.07) is 9.40. The number of piperidine rings is 1. The molecule has 2 N–H and O–H groups in total. The Morgan fingerprint density at radius 3 is 2.57 bits per heavy atom. The van der Waals surface area contributed by atoms with Crippen LogP contribution in [0.15, 0.2) is 29.2 Å². The number of nitrogens with one attached hydrogen (secondary N) is 2. The molecule has 21 heavy (non-hydrogen) atoms. The highest BCUT2D eigenvalue weighted by atomic mass is 32.2. The van der Waals surface area contributed by atoms with Crippen molar-refractivity contribution < 1.29 is 9.53 Å². The second-order valence-corrected chi connectivity index (χ2v) is 6.89. The van der Waals surface area contributed by atoms with Crippen LogP contribution < -0.4 is 15.4 Å². The van der Waals surface area contributed by atoms with Crippen molar-refractivity contribution in [1.82, 2.24) is 10.6 Å². The van der Waals surface area contributed by atoms with Gasteiger partial charge in [-0.1, -0.05) is 0 Å². The second kappa shape index (κ2) is 6.71. The van der Waals surface area contributed by atoms with Crippen molar-refractivity contribution in [2.75, 3.05) is 12.9 Å². The molecule has 1 amide bonds. The van der Waals surface area contributed by atoms with Gasteiger partial charge in [0.05, 0.1) is 12.9 Å². The normalized spacial score (nSPS) is 27.4. The molecule has 0 saturated carbocycles. The first-order valence-corrected chi connectivity index (χ1v) is 8.54. The van der Waals surface area contributed by atoms with Crippen LogP contribution in [0.2, 0.25) is 0 Å². The number of hydrogen-bond donors (Lipinski definition) is 2. The number of benzene rings is 1. The van der Waals surface area contributed by atoms with E-state index < -0.39 is 0 Å². The zero-order valence-corrected chi connectivity index (χ0v) is 13.1. The summed E-state index contributed by atoms with van der Waals surface area (Å²) in [6.07, 6.45) is 4.68. The lowest BCUT2D eigenvalue weighted by molar-refractivity contribution is -0.119. The molecule has 0 aromatic heterocycles. The third-order valence-electron chi connectivity index (χ3n) is 4.27. The quantitative estimate of drug-likeness (QED) is 0.819. The third-order valence-corrected chi connectivity index (χ3v) is 5.28. The summed E-state index contributed by atoms with van der Waals surface area (Å²) in [4.78, 5) is 13.2. The Balaban J connectivity index is 1.43. The predicted molar refractivity (Wildman–Crippen MR) is 84.8 cm³/mol. The number of rotatable bonds is 5. The molecule has 0 radical (unpaired) electrons. The van der Waals surface area contributed by atoms with Gasteiger partial charge in [-0.2, -0.15) is 0 Å². The number of methoxy groups -OCH3 is 1. The molecular formula is C16H22N2O2S. The Bertz CT molecular complexity index is 480. The van der Waals surface area contributed by atoms with E-state index in [1.807, 2.05) is 24.3 Å². The molecule has 4 nitrogen and oxygen atoms in total. The molecule has 2 aliphatic heterocycles. The predicted octanol–water partition coefficient (Wildman–Crippen LogP) is 2.19. The van der Waals surface area contributed by atoms with Crippen molar-refractivity contribution in [2.24, 2.45) is 0 Å². The van der Waals surface area contributed by atoms with Crippen LogP contribution in [0.5, 0.6) is 5.75 Å². The van der Waals surface area contributed by atoms with Gasteiger partial charge in [0.1, 0.15) is 5.75 Å². The van der Waals surface area contributed by atoms with E-state index >= 15 is 0 Å². The Morgan fingerprint density at radius 1 is 1.29 bits per heavy atom. The van der Waals surface area contributed by atoms with E-state index in [4.69, 9.17) is 4.74 Å². The minimum atomic E-state index is 0.141. The second-order valence-electron chi connectivity index (χ2n) is 5.84. The van der Waals surface area contributed by atoms with Crippen LogP contribution in [-0.2, 0) is 4.79 Å². The highest BCUT2D eigenvalue weighted by Gasteiger charge is 2.33. The van der Waals surface area contributed by atoms with Crippen molar-refractivity contribution in [3.63, 3.8) is 0 Å². The Hall–Kier alpha value is -1.20. The Kier molecular flexibility index (Phi) is 4.70. The first kappa shape index (κ1) is 14.7. The number of hydrogen-bond acceptors (Lipinski definition) is 4. The maximum Gasteiger partial charge on any atom is 0.230 e. The van der Waals surface area contributed by atoms with Gasteiger partial charge in [-0.3, -0.25) is 4.79 Å². The zero-order chi connectivity index (χ0) is 14.7. The molecule has 1 aromatic rings. The Morgan fingerprint density at radius 2 is 1.95 bits per heavy atom. The van der Waals surface area contributed by atoms with E-state index in [0.29, 0.717) is 23.9 Å². The van der Waals surface area contributed by atoms with Crippen LogP contribution in [0, 0.1) is 0 Å². The van der Waals surface area contributed by atoms with Gasteiger partial charge in [0.25, 0.3) is 0 Å². The molecule has 2 fully saturated rings. The molecule has 114 valence electrons. The topological polar surface area (TPSA) is 50.4 Å². The van der Waals surface area contributed by atoms with Gasteiger partial charge in [0.15, 0.2) is 0 Å². The number of carbonyl (C=O) groups is 1. The van der Waals surface area contributed by atoms with Gasteiger partial charge < -0.3 is 15.4 Å². The summed E-state index contributed by atoms with van der Waals surface area (Å²) in [5.74, 6) is 1.46. The lowest BCUT2D eigenvalue weighted by Crippen LogP contribution is -2.48. The molecule has 5 heteroatoms. The maximum atomic E-state index is 12.1. The van der Waals surface area contributed by atoms with E-state index in [1.165, 1.54) is 12.8 Å². The van der Waals surface area contributed by atoms with Crippen molar-refractivity contribution in [2.45, 2.75) is 48.7 Å². The first-order valence-electron chi connectivity index (χ1n) is 7.55. The average molecular weight is 306 g/mol. The summed E-state index contributed by atoms with van der Waals surface area (Å²) in [6.45, 7) is 0. The fourth-order valence-electron chi connectivity index (χ4n) is 3.27. The largest absolute Gasteiger partial charge is 0.497 e. The number of amides is 1. The molecule has 2 aliphatic rings. The number of fused-ring (bicyclic) bond motifs is 2. The minimum Gasteiger partial charge on any atom is -0.497 e. The fraction of sp³-hybridized carbons (Fsp3) is 0.562. The van der Waals surface area contributed by atoms with Crippen molar-refractivity contribution in [3.8, 4) is 5.75 Å². The van der Waals surface area contributed by atoms with Gasteiger partial charge in [0.2, 0.25) is 5.91 Å². The minimum absolute atomic E-state index is 0.141. The molecule has 2 atom stereocenters. The number of carbonyl (C=O) groups excluding carboxylic acids is 1. The summed E-state index contributed by atoms with van der Waals surface area (Å²) < 4.78 is 5.13. The maximum absolute atomic E-state index is 12.1. The lowest BCUT2D eigenvalue weighted by Gasteiger charge is -2.29. The van der Waals surface area contributed by atoms with Crippen molar-refractivity contribution >= 4 is 17.7 Å². The van der Waals surface area contributed by atoms with Gasteiger partial charge in [-0.25, -0.2) is 0 Å². The average Bonchev–Trinajstić information content (AvgIpc) is 2.84. The van der Waals surface area contributed by atoms with Crippen LogP contribution in [0.25, 0.3) is 0 Å². The molecular weight excluding hydrogens is 284 g/mol. The molecule has 2 bridgehead atoms. The molecule has 1 aromatic carbocycles. The van der Waals surface area contributed by atoms with Crippen molar-refractivity contribution in [1.29, 1.82) is 0 Å². The van der Waals surface area contributed by atoms with Crippen LogP contribution in [0.3, 0.4) is 0 Å². The van der Waals surface area contributed by atoms with E-state index in [2.05, 4.69) is 10.6 Å². The molecule has 2 heterocycles. The first-order chi connectivity index (χ1) is 10.2. The summed E-state index contributed by atoms with van der Waals surface area (Å²) in [7, 11) is 1.65. The SMILES string of the molecule is COc1ccc(SCC(=O)NC2CC3CCC(C2)N3)cc1. The molecule has 3 rings (SSSR count). The molecule has 0 aliphatic carbocycles. The smallest absolute Gasteiger partial charge is 0.230 e. The lowest BCUT2D eigenvalue weighted by atomic mass is 10.00. The number of ether oxygens (including phenoxy) is 1. The third kappa shape index (κ3) is 3.92. The Labute approximate surface area is 130 Å². The standard InChI is InChI=1S/C16H22N2O2S/c1-20-14-4-6-15(7-5-14)21-10-16(19)18-13-8-11-2-3-12(9-13)17-11/h4-7,11-13,17H,2-3,8-10H2,1H3,(H,18,19). The molecule has 0 spiro atoms. The van der Waals surface area contributed by atoms with E-state index in [0.717, 1.165) is 23.5 Å². The van der Waals surface area contributed by atoms with Crippen LogP contribution in [-0.4, -0.2) is 36.9 Å². The van der Waals surface area contributed by atoms with Crippen LogP contribution in [0.4, 0.5) is 0 Å². The van der Waals surface area contributed by atoms with E-state index in [9.17, 15) is 4.79 Å². The highest BCUT2D eigenvalue weighted by Crippen LogP contribution is 2.27. The summed E-state index contributed by atoms with van der Waals surface area (Å²) in [5.41, 5.74) is 0. The van der Waals surface area contributed by atoms with E-state index in [-0.39, 0.29) is 5.91 Å². The monoisotopic (exact) mass is 306 g/mol. The van der Waals surface area contributed by atoms with Crippen LogP contribution in [0.1, 0.15) is 25.7 Å². The zero-order valence-electron chi connectivity index (χ0n) is 12.3. The van der Waals surface area contributed by atoms with Crippen molar-refractivity contribution in [3.05, 3.63) is 24.3 Å². The van der Waals surface area contributed by atoms with E-state index in [1.54, 1.807) is 18.9 Å². The highest BCUT2D eigenvalue weighted by molar-refractivity contribution is 8.00.